The number of cyclic esters (lactones) is 1. The van der Waals surface area contributed by atoms with E-state index in [2.05, 4.69) is 41.3 Å². The molecule has 2 saturated heterocycles. The van der Waals surface area contributed by atoms with E-state index in [1.807, 2.05) is 0 Å². The summed E-state index contributed by atoms with van der Waals surface area (Å²) in [6, 6.07) is 4.05. The maximum Gasteiger partial charge on any atom is 0.410 e. The number of carbonyl (C=O) groups excluding carboxylic acids is 2. The largest absolute Gasteiger partial charge is 0.447 e. The highest BCUT2D eigenvalue weighted by molar-refractivity contribution is 5.77. The quantitative estimate of drug-likeness (QED) is 0.872. The zero-order chi connectivity index (χ0) is 18.3. The van der Waals surface area contributed by atoms with Gasteiger partial charge in [0.25, 0.3) is 0 Å². The second-order valence-corrected chi connectivity index (χ2v) is 6.99. The van der Waals surface area contributed by atoms with Gasteiger partial charge in [-0.3, -0.25) is 4.90 Å². The van der Waals surface area contributed by atoms with Crippen molar-refractivity contribution in [3.8, 4) is 0 Å². The van der Waals surface area contributed by atoms with Crippen LogP contribution in [0, 0.1) is 13.8 Å². The number of amides is 3. The number of piperazine rings is 1. The maximum atomic E-state index is 12.4. The summed E-state index contributed by atoms with van der Waals surface area (Å²) < 4.78 is 5.03. The minimum absolute atomic E-state index is 0.0242. The third kappa shape index (κ3) is 3.07. The molecule has 8 nitrogen and oxygen atoms in total. The fourth-order valence-electron chi connectivity index (χ4n) is 3.51. The number of hydrogen-bond acceptors (Lipinski definition) is 4. The first-order chi connectivity index (χ1) is 12.5. The molecule has 2 aromatic rings. The molecule has 3 amide bonds. The first-order valence-corrected chi connectivity index (χ1v) is 8.93. The highest BCUT2D eigenvalue weighted by Gasteiger charge is 2.38. The maximum absolute atomic E-state index is 12.4. The van der Waals surface area contributed by atoms with E-state index in [9.17, 15) is 9.59 Å². The Balaban J connectivity index is 1.30. The van der Waals surface area contributed by atoms with Crippen LogP contribution in [0.5, 0.6) is 0 Å². The SMILES string of the molecule is Cc1cc2nc(CCNC(=O)N3CCN4C(=O)OCC4C3)[nH]c2cc1C. The standard InChI is InChI=1S/C18H23N5O3/c1-11-7-14-15(8-12(11)2)21-16(20-14)3-4-19-17(24)22-5-6-23-13(9-22)10-26-18(23)25/h7-8,13H,3-6,9-10H2,1-2H3,(H,19,24)(H,20,21). The summed E-state index contributed by atoms with van der Waals surface area (Å²) in [4.78, 5) is 35.2. The molecule has 8 heteroatoms. The summed E-state index contributed by atoms with van der Waals surface area (Å²) in [6.07, 6.45) is 0.370. The summed E-state index contributed by atoms with van der Waals surface area (Å²) in [6.45, 7) is 6.60. The van der Waals surface area contributed by atoms with Gasteiger partial charge in [0.1, 0.15) is 12.4 Å². The molecule has 0 spiro atoms. The van der Waals surface area contributed by atoms with Gasteiger partial charge in [-0.15, -0.1) is 0 Å². The first-order valence-electron chi connectivity index (χ1n) is 8.93. The Morgan fingerprint density at radius 2 is 2.15 bits per heavy atom. The molecular formula is C18H23N5O3. The van der Waals surface area contributed by atoms with Crippen LogP contribution in [-0.4, -0.2) is 70.7 Å². The number of carbonyl (C=O) groups is 2. The molecule has 0 saturated carbocycles. The average molecular weight is 357 g/mol. The Hall–Kier alpha value is -2.77. The van der Waals surface area contributed by atoms with Crippen LogP contribution in [0.4, 0.5) is 9.59 Å². The van der Waals surface area contributed by atoms with E-state index in [0.717, 1.165) is 16.9 Å². The topological polar surface area (TPSA) is 90.6 Å². The van der Waals surface area contributed by atoms with Crippen LogP contribution in [0.1, 0.15) is 17.0 Å². The van der Waals surface area contributed by atoms with Crippen molar-refractivity contribution in [3.05, 3.63) is 29.1 Å². The smallest absolute Gasteiger partial charge is 0.410 e. The second kappa shape index (κ2) is 6.51. The molecule has 1 aromatic carbocycles. The van der Waals surface area contributed by atoms with Crippen molar-refractivity contribution < 1.29 is 14.3 Å². The highest BCUT2D eigenvalue weighted by atomic mass is 16.6. The third-order valence-electron chi connectivity index (χ3n) is 5.19. The van der Waals surface area contributed by atoms with Gasteiger partial charge in [0, 0.05) is 32.6 Å². The first kappa shape index (κ1) is 16.7. The molecule has 0 bridgehead atoms. The van der Waals surface area contributed by atoms with Crippen molar-refractivity contribution in [3.63, 3.8) is 0 Å². The highest BCUT2D eigenvalue weighted by Crippen LogP contribution is 2.18. The van der Waals surface area contributed by atoms with Crippen molar-refractivity contribution in [1.29, 1.82) is 0 Å². The molecular weight excluding hydrogens is 334 g/mol. The van der Waals surface area contributed by atoms with Crippen LogP contribution in [-0.2, 0) is 11.2 Å². The zero-order valence-corrected chi connectivity index (χ0v) is 15.0. The Morgan fingerprint density at radius 1 is 1.35 bits per heavy atom. The number of fused-ring (bicyclic) bond motifs is 2. The number of aromatic nitrogens is 2. The zero-order valence-electron chi connectivity index (χ0n) is 15.0. The average Bonchev–Trinajstić information content (AvgIpc) is 3.18. The van der Waals surface area contributed by atoms with E-state index in [1.165, 1.54) is 11.1 Å². The van der Waals surface area contributed by atoms with E-state index >= 15 is 0 Å². The Morgan fingerprint density at radius 3 is 3.00 bits per heavy atom. The minimum Gasteiger partial charge on any atom is -0.447 e. The van der Waals surface area contributed by atoms with E-state index in [-0.39, 0.29) is 18.2 Å². The van der Waals surface area contributed by atoms with Gasteiger partial charge in [0.15, 0.2) is 0 Å². The van der Waals surface area contributed by atoms with E-state index < -0.39 is 0 Å². The lowest BCUT2D eigenvalue weighted by molar-refractivity contribution is 0.127. The van der Waals surface area contributed by atoms with Crippen LogP contribution in [0.2, 0.25) is 0 Å². The van der Waals surface area contributed by atoms with Gasteiger partial charge in [-0.2, -0.15) is 0 Å². The van der Waals surface area contributed by atoms with Gasteiger partial charge >= 0.3 is 12.1 Å². The van der Waals surface area contributed by atoms with Gasteiger partial charge in [-0.05, 0) is 37.1 Å². The summed E-state index contributed by atoms with van der Waals surface area (Å²) in [5.41, 5.74) is 4.43. The van der Waals surface area contributed by atoms with Crippen LogP contribution in [0.3, 0.4) is 0 Å². The van der Waals surface area contributed by atoms with Gasteiger partial charge in [-0.25, -0.2) is 14.6 Å². The third-order valence-corrected chi connectivity index (χ3v) is 5.19. The molecule has 1 atom stereocenters. The molecule has 2 fully saturated rings. The van der Waals surface area contributed by atoms with Crippen LogP contribution in [0.25, 0.3) is 11.0 Å². The Bertz CT molecular complexity index is 823. The second-order valence-electron chi connectivity index (χ2n) is 6.99. The number of nitrogens with zero attached hydrogens (tertiary/aromatic N) is 3. The number of hydrogen-bond donors (Lipinski definition) is 2. The lowest BCUT2D eigenvalue weighted by atomic mass is 10.1. The summed E-state index contributed by atoms with van der Waals surface area (Å²) in [5, 5.41) is 2.94. The number of benzene rings is 1. The number of rotatable bonds is 3. The van der Waals surface area contributed by atoms with Crippen LogP contribution >= 0.6 is 0 Å². The number of urea groups is 1. The summed E-state index contributed by atoms with van der Waals surface area (Å²) in [5.74, 6) is 0.866. The number of H-pyrrole nitrogens is 1. The van der Waals surface area contributed by atoms with Gasteiger partial charge < -0.3 is 19.9 Å². The molecule has 2 aliphatic rings. The van der Waals surface area contributed by atoms with Crippen molar-refractivity contribution >= 4 is 23.2 Å². The fraction of sp³-hybridized carbons (Fsp3) is 0.500. The molecule has 1 unspecified atom stereocenters. The van der Waals surface area contributed by atoms with Crippen molar-refractivity contribution in [2.24, 2.45) is 0 Å². The van der Waals surface area contributed by atoms with Crippen molar-refractivity contribution in [1.82, 2.24) is 25.1 Å². The summed E-state index contributed by atoms with van der Waals surface area (Å²) in [7, 11) is 0. The van der Waals surface area contributed by atoms with E-state index in [4.69, 9.17) is 4.74 Å². The number of ether oxygens (including phenoxy) is 1. The molecule has 2 N–H and O–H groups in total. The lowest BCUT2D eigenvalue weighted by Crippen LogP contribution is -2.56. The Kier molecular flexibility index (Phi) is 4.18. The number of nitrogens with one attached hydrogen (secondary N) is 2. The number of imidazole rings is 1. The number of aryl methyl sites for hydroxylation is 2. The minimum atomic E-state index is -0.273. The molecule has 26 heavy (non-hydrogen) atoms. The normalized spacial score (nSPS) is 19.6. The van der Waals surface area contributed by atoms with E-state index in [0.29, 0.717) is 39.2 Å². The molecule has 1 aromatic heterocycles. The van der Waals surface area contributed by atoms with Gasteiger partial charge in [0.2, 0.25) is 0 Å². The lowest BCUT2D eigenvalue weighted by Gasteiger charge is -2.35. The fourth-order valence-corrected chi connectivity index (χ4v) is 3.51. The molecule has 0 radical (unpaired) electrons. The van der Waals surface area contributed by atoms with Crippen LogP contribution < -0.4 is 5.32 Å². The summed E-state index contributed by atoms with van der Waals surface area (Å²) >= 11 is 0. The molecule has 0 aliphatic carbocycles. The predicted molar refractivity (Wildman–Crippen MR) is 96.1 cm³/mol. The van der Waals surface area contributed by atoms with Crippen molar-refractivity contribution in [2.45, 2.75) is 26.3 Å². The van der Waals surface area contributed by atoms with E-state index in [1.54, 1.807) is 9.80 Å². The van der Waals surface area contributed by atoms with Gasteiger partial charge in [0.05, 0.1) is 17.1 Å². The van der Waals surface area contributed by atoms with Gasteiger partial charge in [-0.1, -0.05) is 0 Å². The molecule has 3 heterocycles. The molecule has 2 aliphatic heterocycles. The Labute approximate surface area is 151 Å². The predicted octanol–water partition coefficient (Wildman–Crippen LogP) is 1.57. The van der Waals surface area contributed by atoms with Crippen molar-refractivity contribution in [2.75, 3.05) is 32.8 Å². The monoisotopic (exact) mass is 357 g/mol. The number of aromatic amines is 1. The van der Waals surface area contributed by atoms with Crippen LogP contribution in [0.15, 0.2) is 12.1 Å². The molecule has 138 valence electrons. The molecule has 4 rings (SSSR count).